The quantitative estimate of drug-likeness (QED) is 0.717. The molecule has 0 aliphatic heterocycles. The summed E-state index contributed by atoms with van der Waals surface area (Å²) >= 11 is 1.78. The molecule has 5 nitrogen and oxygen atoms in total. The predicted octanol–water partition coefficient (Wildman–Crippen LogP) is 3.87. The van der Waals surface area contributed by atoms with Gasteiger partial charge in [0.2, 0.25) is 0 Å². The summed E-state index contributed by atoms with van der Waals surface area (Å²) < 4.78 is 10.8. The van der Waals surface area contributed by atoms with E-state index in [0.717, 1.165) is 35.6 Å². The number of hydrogen-bond acceptors (Lipinski definition) is 5. The Morgan fingerprint density at radius 2 is 2.08 bits per heavy atom. The summed E-state index contributed by atoms with van der Waals surface area (Å²) in [5.41, 5.74) is 2.16. The van der Waals surface area contributed by atoms with Crippen molar-refractivity contribution in [2.75, 3.05) is 13.7 Å². The molecule has 0 saturated carbocycles. The number of nitrogens with zero attached hydrogens (tertiary/aromatic N) is 1. The first-order valence-corrected chi connectivity index (χ1v) is 9.54. The first-order valence-electron chi connectivity index (χ1n) is 8.73. The number of carbonyl (C=O) groups is 1. The third-order valence-electron chi connectivity index (χ3n) is 4.47. The number of nitrogens with one attached hydrogen (secondary N) is 1. The molecule has 1 aliphatic carbocycles. The van der Waals surface area contributed by atoms with Gasteiger partial charge >= 0.3 is 0 Å². The molecule has 6 heteroatoms. The first-order chi connectivity index (χ1) is 12.7. The summed E-state index contributed by atoms with van der Waals surface area (Å²) in [7, 11) is 1.63. The SMILES string of the molecule is COc1ccc(-c2ccc(C(=O)NCCc3nc4c(s3)CCC4)o2)cc1. The van der Waals surface area contributed by atoms with Crippen molar-refractivity contribution in [1.29, 1.82) is 0 Å². The number of furan rings is 1. The molecule has 2 heterocycles. The molecule has 0 atom stereocenters. The Bertz CT molecular complexity index is 890. The Labute approximate surface area is 156 Å². The molecule has 26 heavy (non-hydrogen) atoms. The molecule has 1 amide bonds. The van der Waals surface area contributed by atoms with E-state index in [2.05, 4.69) is 10.3 Å². The van der Waals surface area contributed by atoms with Crippen LogP contribution in [0.15, 0.2) is 40.8 Å². The molecule has 0 saturated heterocycles. The van der Waals surface area contributed by atoms with Gasteiger partial charge in [-0.25, -0.2) is 4.98 Å². The summed E-state index contributed by atoms with van der Waals surface area (Å²) in [6, 6.07) is 11.0. The van der Waals surface area contributed by atoms with Crippen LogP contribution in [0.3, 0.4) is 0 Å². The highest BCUT2D eigenvalue weighted by molar-refractivity contribution is 7.11. The van der Waals surface area contributed by atoms with E-state index in [1.165, 1.54) is 17.0 Å². The highest BCUT2D eigenvalue weighted by Crippen LogP contribution is 2.27. The Morgan fingerprint density at radius 3 is 2.85 bits per heavy atom. The Morgan fingerprint density at radius 1 is 1.23 bits per heavy atom. The molecule has 0 spiro atoms. The van der Waals surface area contributed by atoms with E-state index in [0.29, 0.717) is 18.1 Å². The van der Waals surface area contributed by atoms with Gasteiger partial charge in [-0.3, -0.25) is 4.79 Å². The monoisotopic (exact) mass is 368 g/mol. The number of aryl methyl sites for hydroxylation is 2. The van der Waals surface area contributed by atoms with Crippen LogP contribution in [0.5, 0.6) is 5.75 Å². The normalized spacial score (nSPS) is 12.8. The van der Waals surface area contributed by atoms with Crippen LogP contribution in [0.25, 0.3) is 11.3 Å². The average Bonchev–Trinajstić information content (AvgIpc) is 3.37. The van der Waals surface area contributed by atoms with Crippen molar-refractivity contribution in [1.82, 2.24) is 10.3 Å². The molecule has 1 aliphatic rings. The topological polar surface area (TPSA) is 64.4 Å². The lowest BCUT2D eigenvalue weighted by Gasteiger charge is -2.02. The molecule has 1 N–H and O–H groups in total. The highest BCUT2D eigenvalue weighted by Gasteiger charge is 2.17. The van der Waals surface area contributed by atoms with Crippen LogP contribution in [0.2, 0.25) is 0 Å². The second kappa shape index (κ2) is 7.33. The molecular formula is C20H20N2O3S. The number of hydrogen-bond donors (Lipinski definition) is 1. The Kier molecular flexibility index (Phi) is 4.75. The molecule has 4 rings (SSSR count). The van der Waals surface area contributed by atoms with Crippen molar-refractivity contribution in [3.05, 3.63) is 57.7 Å². The van der Waals surface area contributed by atoms with Crippen molar-refractivity contribution < 1.29 is 13.9 Å². The van der Waals surface area contributed by atoms with Gasteiger partial charge in [-0.2, -0.15) is 0 Å². The van der Waals surface area contributed by atoms with Crippen LogP contribution >= 0.6 is 11.3 Å². The summed E-state index contributed by atoms with van der Waals surface area (Å²) in [4.78, 5) is 18.3. The zero-order valence-corrected chi connectivity index (χ0v) is 15.4. The number of fused-ring (bicyclic) bond motifs is 1. The fourth-order valence-corrected chi connectivity index (χ4v) is 4.25. The van der Waals surface area contributed by atoms with Gasteiger partial charge in [0.05, 0.1) is 17.8 Å². The maximum Gasteiger partial charge on any atom is 0.287 e. The molecule has 2 aromatic heterocycles. The summed E-state index contributed by atoms with van der Waals surface area (Å²) in [5.74, 6) is 1.56. The minimum absolute atomic E-state index is 0.200. The van der Waals surface area contributed by atoms with Crippen LogP contribution < -0.4 is 10.1 Å². The fourth-order valence-electron chi connectivity index (χ4n) is 3.09. The van der Waals surface area contributed by atoms with Crippen LogP contribution in [0, 0.1) is 0 Å². The fraction of sp³-hybridized carbons (Fsp3) is 0.300. The maximum atomic E-state index is 12.3. The van der Waals surface area contributed by atoms with E-state index in [4.69, 9.17) is 9.15 Å². The Hall–Kier alpha value is -2.60. The second-order valence-electron chi connectivity index (χ2n) is 6.23. The van der Waals surface area contributed by atoms with E-state index >= 15 is 0 Å². The standard InChI is InChI=1S/C20H20N2O3S/c1-24-14-7-5-13(6-8-14)16-9-10-17(25-16)20(23)21-12-11-19-22-15-3-2-4-18(15)26-19/h5-10H,2-4,11-12H2,1H3,(H,21,23). The van der Waals surface area contributed by atoms with E-state index in [1.54, 1.807) is 24.5 Å². The van der Waals surface area contributed by atoms with E-state index in [9.17, 15) is 4.79 Å². The number of benzene rings is 1. The number of thiazole rings is 1. The zero-order chi connectivity index (χ0) is 17.9. The van der Waals surface area contributed by atoms with E-state index < -0.39 is 0 Å². The molecule has 0 fully saturated rings. The Balaban J connectivity index is 1.33. The van der Waals surface area contributed by atoms with Gasteiger partial charge in [0.15, 0.2) is 5.76 Å². The smallest absolute Gasteiger partial charge is 0.287 e. The summed E-state index contributed by atoms with van der Waals surface area (Å²) in [5, 5.41) is 4.01. The van der Waals surface area contributed by atoms with Crippen molar-refractivity contribution in [3.63, 3.8) is 0 Å². The van der Waals surface area contributed by atoms with Crippen LogP contribution in [-0.4, -0.2) is 24.5 Å². The van der Waals surface area contributed by atoms with Gasteiger partial charge < -0.3 is 14.5 Å². The van der Waals surface area contributed by atoms with Crippen molar-refractivity contribution >= 4 is 17.2 Å². The number of rotatable bonds is 6. The molecule has 0 unspecified atom stereocenters. The second-order valence-corrected chi connectivity index (χ2v) is 7.40. The largest absolute Gasteiger partial charge is 0.497 e. The van der Waals surface area contributed by atoms with Crippen molar-refractivity contribution in [2.45, 2.75) is 25.7 Å². The van der Waals surface area contributed by atoms with Gasteiger partial charge in [-0.1, -0.05) is 0 Å². The van der Waals surface area contributed by atoms with Crippen molar-refractivity contribution in [3.8, 4) is 17.1 Å². The average molecular weight is 368 g/mol. The molecule has 0 radical (unpaired) electrons. The van der Waals surface area contributed by atoms with Gasteiger partial charge in [0, 0.05) is 23.4 Å². The lowest BCUT2D eigenvalue weighted by Crippen LogP contribution is -2.25. The highest BCUT2D eigenvalue weighted by atomic mass is 32.1. The summed E-state index contributed by atoms with van der Waals surface area (Å²) in [6.07, 6.45) is 4.23. The van der Waals surface area contributed by atoms with E-state index in [1.807, 2.05) is 30.3 Å². The molecular weight excluding hydrogens is 348 g/mol. The van der Waals surface area contributed by atoms with Gasteiger partial charge in [0.1, 0.15) is 11.5 Å². The van der Waals surface area contributed by atoms with Crippen LogP contribution in [0.4, 0.5) is 0 Å². The van der Waals surface area contributed by atoms with Gasteiger partial charge in [0.25, 0.3) is 5.91 Å². The molecule has 134 valence electrons. The van der Waals surface area contributed by atoms with Crippen LogP contribution in [-0.2, 0) is 19.3 Å². The number of methoxy groups -OCH3 is 1. The number of amides is 1. The van der Waals surface area contributed by atoms with Gasteiger partial charge in [-0.15, -0.1) is 11.3 Å². The number of ether oxygens (including phenoxy) is 1. The van der Waals surface area contributed by atoms with Crippen LogP contribution in [0.1, 0.15) is 32.6 Å². The third kappa shape index (κ3) is 3.51. The lowest BCUT2D eigenvalue weighted by molar-refractivity contribution is 0.0927. The molecule has 0 bridgehead atoms. The lowest BCUT2D eigenvalue weighted by atomic mass is 10.2. The minimum Gasteiger partial charge on any atom is -0.497 e. The maximum absolute atomic E-state index is 12.3. The third-order valence-corrected chi connectivity index (χ3v) is 5.69. The number of aromatic nitrogens is 1. The zero-order valence-electron chi connectivity index (χ0n) is 14.6. The molecule has 1 aromatic carbocycles. The van der Waals surface area contributed by atoms with Crippen molar-refractivity contribution in [2.24, 2.45) is 0 Å². The predicted molar refractivity (Wildman–Crippen MR) is 101 cm³/mol. The summed E-state index contributed by atoms with van der Waals surface area (Å²) in [6.45, 7) is 0.559. The minimum atomic E-state index is -0.200. The molecule has 3 aromatic rings. The van der Waals surface area contributed by atoms with E-state index in [-0.39, 0.29) is 5.91 Å². The first kappa shape index (κ1) is 16.8. The number of carbonyl (C=O) groups excluding carboxylic acids is 1. The van der Waals surface area contributed by atoms with Gasteiger partial charge in [-0.05, 0) is 55.7 Å².